The van der Waals surface area contributed by atoms with Crippen LogP contribution in [-0.4, -0.2) is 36.4 Å². The van der Waals surface area contributed by atoms with E-state index in [1.165, 1.54) is 0 Å². The summed E-state index contributed by atoms with van der Waals surface area (Å²) in [6.45, 7) is 1.84. The second kappa shape index (κ2) is 6.97. The number of amides is 1. The number of ether oxygens (including phenoxy) is 2. The quantitative estimate of drug-likeness (QED) is 0.829. The third-order valence-corrected chi connectivity index (χ3v) is 4.62. The Bertz CT molecular complexity index is 820. The van der Waals surface area contributed by atoms with Gasteiger partial charge in [-0.15, -0.1) is 0 Å². The Morgan fingerprint density at radius 2 is 1.81 bits per heavy atom. The predicted octanol–water partition coefficient (Wildman–Crippen LogP) is 2.21. The number of aliphatic hydroxyl groups is 2. The molecule has 26 heavy (non-hydrogen) atoms. The zero-order chi connectivity index (χ0) is 18.9. The summed E-state index contributed by atoms with van der Waals surface area (Å²) in [6, 6.07) is 12.6. The van der Waals surface area contributed by atoms with Crippen molar-refractivity contribution in [3.05, 3.63) is 53.6 Å². The summed E-state index contributed by atoms with van der Waals surface area (Å²) in [7, 11) is 3.12. The number of para-hydroxylation sites is 1. The van der Waals surface area contributed by atoms with Crippen molar-refractivity contribution in [3.8, 4) is 11.5 Å². The van der Waals surface area contributed by atoms with Crippen molar-refractivity contribution in [2.75, 3.05) is 19.1 Å². The minimum absolute atomic E-state index is 0.0503. The van der Waals surface area contributed by atoms with Crippen molar-refractivity contribution >= 4 is 11.6 Å². The minimum atomic E-state index is -1.72. The molecule has 6 nitrogen and oxygen atoms in total. The zero-order valence-electron chi connectivity index (χ0n) is 15.1. The molecule has 1 heterocycles. The van der Waals surface area contributed by atoms with Crippen LogP contribution in [0.3, 0.4) is 0 Å². The highest BCUT2D eigenvalue weighted by Gasteiger charge is 2.49. The fourth-order valence-electron chi connectivity index (χ4n) is 3.45. The van der Waals surface area contributed by atoms with Gasteiger partial charge in [-0.05, 0) is 30.7 Å². The molecule has 3 rings (SSSR count). The molecule has 1 aliphatic rings. The molecular formula is C20H23NO5. The molecule has 1 amide bonds. The fraction of sp³-hybridized carbons (Fsp3) is 0.350. The molecule has 138 valence electrons. The first-order chi connectivity index (χ1) is 12.4. The summed E-state index contributed by atoms with van der Waals surface area (Å²) in [5, 5.41) is 20.8. The SMILES string of the molecule is COc1ccc(CN2C(=O)[C@@](O)(C[C@H](C)O)c3ccccc32)cc1OC. The molecule has 0 spiro atoms. The molecule has 2 aromatic carbocycles. The monoisotopic (exact) mass is 357 g/mol. The lowest BCUT2D eigenvalue weighted by atomic mass is 9.90. The van der Waals surface area contributed by atoms with E-state index in [1.807, 2.05) is 12.1 Å². The lowest BCUT2D eigenvalue weighted by Crippen LogP contribution is -2.41. The number of rotatable bonds is 6. The van der Waals surface area contributed by atoms with E-state index in [0.717, 1.165) is 5.56 Å². The molecule has 0 saturated heterocycles. The lowest BCUT2D eigenvalue weighted by molar-refractivity contribution is -0.139. The van der Waals surface area contributed by atoms with E-state index < -0.39 is 17.6 Å². The van der Waals surface area contributed by atoms with Gasteiger partial charge in [-0.3, -0.25) is 4.79 Å². The van der Waals surface area contributed by atoms with E-state index in [2.05, 4.69) is 0 Å². The lowest BCUT2D eigenvalue weighted by Gasteiger charge is -2.24. The molecule has 0 radical (unpaired) electrons. The summed E-state index contributed by atoms with van der Waals surface area (Å²) in [5.74, 6) is 0.744. The molecule has 2 aromatic rings. The minimum Gasteiger partial charge on any atom is -0.493 e. The number of hydrogen-bond acceptors (Lipinski definition) is 5. The smallest absolute Gasteiger partial charge is 0.264 e. The Labute approximate surface area is 152 Å². The van der Waals surface area contributed by atoms with E-state index in [-0.39, 0.29) is 13.0 Å². The van der Waals surface area contributed by atoms with Gasteiger partial charge in [0.1, 0.15) is 0 Å². The standard InChI is InChI=1S/C20H23NO5/c1-13(22)11-20(24)15-6-4-5-7-16(15)21(19(20)23)12-14-8-9-17(25-2)18(10-14)26-3/h4-10,13,22,24H,11-12H2,1-3H3/t13-,20+/m0/s1. The van der Waals surface area contributed by atoms with Gasteiger partial charge in [0, 0.05) is 12.0 Å². The Hall–Kier alpha value is -2.57. The number of methoxy groups -OCH3 is 2. The van der Waals surface area contributed by atoms with Crippen LogP contribution >= 0.6 is 0 Å². The van der Waals surface area contributed by atoms with Gasteiger partial charge >= 0.3 is 0 Å². The van der Waals surface area contributed by atoms with E-state index in [9.17, 15) is 15.0 Å². The van der Waals surface area contributed by atoms with Crippen molar-refractivity contribution in [3.63, 3.8) is 0 Å². The summed E-state index contributed by atoms with van der Waals surface area (Å²) in [6.07, 6.45) is -0.858. The molecule has 0 saturated carbocycles. The Morgan fingerprint density at radius 3 is 2.46 bits per heavy atom. The van der Waals surface area contributed by atoms with Crippen LogP contribution in [0.15, 0.2) is 42.5 Å². The van der Waals surface area contributed by atoms with Crippen molar-refractivity contribution < 1.29 is 24.5 Å². The van der Waals surface area contributed by atoms with Gasteiger partial charge in [-0.1, -0.05) is 24.3 Å². The first kappa shape index (κ1) is 18.2. The molecule has 0 aromatic heterocycles. The van der Waals surface area contributed by atoms with Crippen LogP contribution in [0.5, 0.6) is 11.5 Å². The van der Waals surface area contributed by atoms with Gasteiger partial charge in [0.05, 0.1) is 32.6 Å². The number of anilines is 1. The van der Waals surface area contributed by atoms with Crippen LogP contribution in [0.4, 0.5) is 5.69 Å². The van der Waals surface area contributed by atoms with Crippen molar-refractivity contribution in [2.45, 2.75) is 31.6 Å². The van der Waals surface area contributed by atoms with Gasteiger partial charge in [-0.2, -0.15) is 0 Å². The topological polar surface area (TPSA) is 79.2 Å². The van der Waals surface area contributed by atoms with E-state index >= 15 is 0 Å². The summed E-state index contributed by atoms with van der Waals surface area (Å²) in [4.78, 5) is 14.6. The van der Waals surface area contributed by atoms with Crippen molar-refractivity contribution in [1.29, 1.82) is 0 Å². The highest BCUT2D eigenvalue weighted by atomic mass is 16.5. The van der Waals surface area contributed by atoms with Gasteiger partial charge in [0.15, 0.2) is 17.1 Å². The highest BCUT2D eigenvalue weighted by molar-refractivity contribution is 6.06. The molecule has 1 aliphatic heterocycles. The predicted molar refractivity (Wildman–Crippen MR) is 97.4 cm³/mol. The van der Waals surface area contributed by atoms with Crippen LogP contribution in [0.1, 0.15) is 24.5 Å². The van der Waals surface area contributed by atoms with Crippen LogP contribution in [0, 0.1) is 0 Å². The first-order valence-corrected chi connectivity index (χ1v) is 8.43. The molecule has 0 bridgehead atoms. The molecule has 0 aliphatic carbocycles. The van der Waals surface area contributed by atoms with E-state index in [4.69, 9.17) is 9.47 Å². The Kier molecular flexibility index (Phi) is 4.89. The maximum atomic E-state index is 13.0. The van der Waals surface area contributed by atoms with Gasteiger partial charge in [0.25, 0.3) is 5.91 Å². The number of benzene rings is 2. The van der Waals surface area contributed by atoms with Crippen LogP contribution in [0.2, 0.25) is 0 Å². The Morgan fingerprint density at radius 1 is 1.12 bits per heavy atom. The van der Waals surface area contributed by atoms with Crippen LogP contribution in [0.25, 0.3) is 0 Å². The number of aliphatic hydroxyl groups excluding tert-OH is 1. The molecule has 0 fully saturated rings. The van der Waals surface area contributed by atoms with E-state index in [0.29, 0.717) is 22.7 Å². The fourth-order valence-corrected chi connectivity index (χ4v) is 3.45. The Balaban J connectivity index is 1.97. The van der Waals surface area contributed by atoms with Crippen molar-refractivity contribution in [2.24, 2.45) is 0 Å². The molecule has 2 atom stereocenters. The number of nitrogens with zero attached hydrogens (tertiary/aromatic N) is 1. The van der Waals surface area contributed by atoms with Crippen LogP contribution < -0.4 is 14.4 Å². The highest BCUT2D eigenvalue weighted by Crippen LogP contribution is 2.43. The molecule has 2 N–H and O–H groups in total. The number of carbonyl (C=O) groups is 1. The van der Waals surface area contributed by atoms with Gasteiger partial charge in [0.2, 0.25) is 0 Å². The summed E-state index contributed by atoms with van der Waals surface area (Å²) >= 11 is 0. The maximum Gasteiger partial charge on any atom is 0.264 e. The average Bonchev–Trinajstić information content (AvgIpc) is 2.83. The first-order valence-electron chi connectivity index (χ1n) is 8.43. The third kappa shape index (κ3) is 3.02. The molecular weight excluding hydrogens is 334 g/mol. The summed E-state index contributed by atoms with van der Waals surface area (Å²) in [5.41, 5.74) is 0.287. The second-order valence-corrected chi connectivity index (χ2v) is 6.51. The second-order valence-electron chi connectivity index (χ2n) is 6.51. The van der Waals surface area contributed by atoms with E-state index in [1.54, 1.807) is 56.4 Å². The average molecular weight is 357 g/mol. The number of hydrogen-bond donors (Lipinski definition) is 2. The number of fused-ring (bicyclic) bond motifs is 1. The normalized spacial score (nSPS) is 20.0. The molecule has 6 heteroatoms. The number of carbonyl (C=O) groups excluding carboxylic acids is 1. The summed E-state index contributed by atoms with van der Waals surface area (Å²) < 4.78 is 10.6. The largest absolute Gasteiger partial charge is 0.493 e. The van der Waals surface area contributed by atoms with Crippen molar-refractivity contribution in [1.82, 2.24) is 0 Å². The zero-order valence-corrected chi connectivity index (χ0v) is 15.1. The third-order valence-electron chi connectivity index (χ3n) is 4.62. The molecule has 0 unspecified atom stereocenters. The van der Waals surface area contributed by atoms with Crippen LogP contribution in [-0.2, 0) is 16.9 Å². The van der Waals surface area contributed by atoms with Gasteiger partial charge < -0.3 is 24.6 Å². The van der Waals surface area contributed by atoms with Gasteiger partial charge in [-0.25, -0.2) is 0 Å². The maximum absolute atomic E-state index is 13.0.